The van der Waals surface area contributed by atoms with E-state index < -0.39 is 16.1 Å². The molecule has 0 fully saturated rings. The average Bonchev–Trinajstić information content (AvgIpc) is 2.95. The Bertz CT molecular complexity index is 1400. The number of nitrogens with one attached hydrogen (secondary N) is 1. The minimum absolute atomic E-state index is 0.124. The molecule has 0 aliphatic carbocycles. The molecule has 196 valence electrons. The number of carbonyl (C=O) groups is 1. The first-order valence-corrected chi connectivity index (χ1v) is 13.9. The highest BCUT2D eigenvalue weighted by atomic mass is 32.2. The summed E-state index contributed by atoms with van der Waals surface area (Å²) in [6.45, 7) is 1.64. The molecule has 0 radical (unpaired) electrons. The fourth-order valence-electron chi connectivity index (χ4n) is 4.36. The Morgan fingerprint density at radius 2 is 1.39 bits per heavy atom. The highest BCUT2D eigenvalue weighted by Crippen LogP contribution is 2.25. The van der Waals surface area contributed by atoms with Gasteiger partial charge in [0.15, 0.2) is 0 Å². The first-order valence-electron chi connectivity index (χ1n) is 12.5. The minimum atomic E-state index is -3.96. The molecule has 0 heterocycles. The van der Waals surface area contributed by atoms with E-state index in [1.807, 2.05) is 91.0 Å². The molecule has 0 bridgehead atoms. The number of benzene rings is 4. The summed E-state index contributed by atoms with van der Waals surface area (Å²) in [6.07, 6.45) is 0.475. The van der Waals surface area contributed by atoms with Crippen molar-refractivity contribution < 1.29 is 17.9 Å². The quantitative estimate of drug-likeness (QED) is 0.292. The zero-order chi connectivity index (χ0) is 27.0. The van der Waals surface area contributed by atoms with Crippen LogP contribution < -0.4 is 10.1 Å². The van der Waals surface area contributed by atoms with Gasteiger partial charge in [-0.25, -0.2) is 8.42 Å². The van der Waals surface area contributed by atoms with Gasteiger partial charge < -0.3 is 10.1 Å². The van der Waals surface area contributed by atoms with Gasteiger partial charge >= 0.3 is 0 Å². The second kappa shape index (κ2) is 12.5. The van der Waals surface area contributed by atoms with Gasteiger partial charge in [0.2, 0.25) is 15.9 Å². The molecule has 38 heavy (non-hydrogen) atoms. The number of nitrogens with zero attached hydrogens (tertiary/aromatic N) is 1. The van der Waals surface area contributed by atoms with Crippen molar-refractivity contribution in [1.29, 1.82) is 0 Å². The van der Waals surface area contributed by atoms with Crippen molar-refractivity contribution in [1.82, 2.24) is 9.62 Å². The van der Waals surface area contributed by atoms with E-state index >= 15 is 0 Å². The molecule has 0 aliphatic heterocycles. The van der Waals surface area contributed by atoms with Crippen molar-refractivity contribution in [3.05, 3.63) is 131 Å². The number of hydrogen-bond donors (Lipinski definition) is 1. The molecule has 6 nitrogen and oxygen atoms in total. The lowest BCUT2D eigenvalue weighted by Crippen LogP contribution is -2.43. The van der Waals surface area contributed by atoms with E-state index in [1.165, 1.54) is 10.4 Å². The third kappa shape index (κ3) is 6.68. The number of sulfonamides is 1. The molecule has 0 atom stereocenters. The van der Waals surface area contributed by atoms with Crippen LogP contribution in [0.3, 0.4) is 0 Å². The Morgan fingerprint density at radius 3 is 1.92 bits per heavy atom. The highest BCUT2D eigenvalue weighted by Gasteiger charge is 2.28. The molecule has 0 unspecified atom stereocenters. The summed E-state index contributed by atoms with van der Waals surface area (Å²) in [4.78, 5) is 13.6. The largest absolute Gasteiger partial charge is 0.496 e. The van der Waals surface area contributed by atoms with E-state index in [0.717, 1.165) is 16.7 Å². The molecular formula is C31H32N2O4S. The van der Waals surface area contributed by atoms with Crippen LogP contribution in [0.25, 0.3) is 0 Å². The smallest absolute Gasteiger partial charge is 0.243 e. The van der Waals surface area contributed by atoms with Gasteiger partial charge in [-0.05, 0) is 53.8 Å². The third-order valence-corrected chi connectivity index (χ3v) is 8.23. The van der Waals surface area contributed by atoms with Crippen molar-refractivity contribution in [2.75, 3.05) is 20.2 Å². The third-order valence-electron chi connectivity index (χ3n) is 6.39. The second-order valence-corrected chi connectivity index (χ2v) is 11.0. The molecule has 4 rings (SSSR count). The summed E-state index contributed by atoms with van der Waals surface area (Å²) in [6, 6.07) is 33.3. The Labute approximate surface area is 225 Å². The average molecular weight is 529 g/mol. The number of hydrogen-bond acceptors (Lipinski definition) is 4. The summed E-state index contributed by atoms with van der Waals surface area (Å²) < 4.78 is 34.1. The van der Waals surface area contributed by atoms with Crippen LogP contribution in [0.5, 0.6) is 5.75 Å². The Kier molecular flexibility index (Phi) is 8.94. The van der Waals surface area contributed by atoms with Crippen LogP contribution in [-0.2, 0) is 21.2 Å². The zero-order valence-electron chi connectivity index (χ0n) is 21.6. The van der Waals surface area contributed by atoms with Crippen LogP contribution in [-0.4, -0.2) is 38.8 Å². The van der Waals surface area contributed by atoms with Gasteiger partial charge in [0.25, 0.3) is 0 Å². The molecule has 0 spiro atoms. The SMILES string of the molecule is COc1ccc(S(=O)(=O)N(CCc2ccccc2)CC(=O)NC(c2ccccc2)c2ccccc2)cc1C. The standard InChI is InChI=1S/C31H32N2O4S/c1-24-22-28(18-19-29(24)37-2)38(35,36)33(21-20-25-12-6-3-7-13-25)23-30(34)32-31(26-14-8-4-9-15-26)27-16-10-5-11-17-27/h3-19,22,31H,20-21,23H2,1-2H3,(H,32,34). The molecular weight excluding hydrogens is 496 g/mol. The summed E-state index contributed by atoms with van der Waals surface area (Å²) >= 11 is 0. The van der Waals surface area contributed by atoms with Gasteiger partial charge in [0.1, 0.15) is 5.75 Å². The Balaban J connectivity index is 1.61. The van der Waals surface area contributed by atoms with E-state index in [-0.39, 0.29) is 23.9 Å². The molecule has 0 aromatic heterocycles. The number of rotatable bonds is 11. The molecule has 0 saturated carbocycles. The summed E-state index contributed by atoms with van der Waals surface area (Å²) in [7, 11) is -2.42. The van der Waals surface area contributed by atoms with Crippen LogP contribution >= 0.6 is 0 Å². The van der Waals surface area contributed by atoms with Crippen LogP contribution in [0.2, 0.25) is 0 Å². The zero-order valence-corrected chi connectivity index (χ0v) is 22.4. The topological polar surface area (TPSA) is 75.7 Å². The lowest BCUT2D eigenvalue weighted by Gasteiger charge is -2.25. The van der Waals surface area contributed by atoms with Crippen LogP contribution in [0.4, 0.5) is 0 Å². The van der Waals surface area contributed by atoms with Crippen LogP contribution in [0, 0.1) is 6.92 Å². The number of aryl methyl sites for hydroxylation is 1. The molecule has 4 aromatic rings. The van der Waals surface area contributed by atoms with Crippen molar-refractivity contribution in [3.8, 4) is 5.75 Å². The fourth-order valence-corrected chi connectivity index (χ4v) is 5.84. The molecule has 0 aliphatic rings. The normalized spacial score (nSPS) is 11.5. The van der Waals surface area contributed by atoms with Gasteiger partial charge in [-0.2, -0.15) is 4.31 Å². The van der Waals surface area contributed by atoms with Gasteiger partial charge in [-0.3, -0.25) is 4.79 Å². The molecule has 1 amide bonds. The van der Waals surface area contributed by atoms with Gasteiger partial charge in [0.05, 0.1) is 24.6 Å². The van der Waals surface area contributed by atoms with E-state index in [4.69, 9.17) is 4.74 Å². The lowest BCUT2D eigenvalue weighted by molar-refractivity contribution is -0.121. The molecule has 1 N–H and O–H groups in total. The van der Waals surface area contributed by atoms with E-state index in [1.54, 1.807) is 26.2 Å². The predicted molar refractivity (Wildman–Crippen MR) is 150 cm³/mol. The number of amides is 1. The van der Waals surface area contributed by atoms with E-state index in [0.29, 0.717) is 17.7 Å². The number of carbonyl (C=O) groups excluding carboxylic acids is 1. The van der Waals surface area contributed by atoms with Crippen LogP contribution in [0.1, 0.15) is 28.3 Å². The van der Waals surface area contributed by atoms with E-state index in [2.05, 4.69) is 5.32 Å². The molecule has 4 aromatic carbocycles. The maximum Gasteiger partial charge on any atom is 0.243 e. The fraction of sp³-hybridized carbons (Fsp3) is 0.194. The summed E-state index contributed by atoms with van der Waals surface area (Å²) in [5, 5.41) is 3.07. The molecule has 0 saturated heterocycles. The van der Waals surface area contributed by atoms with E-state index in [9.17, 15) is 13.2 Å². The van der Waals surface area contributed by atoms with Crippen molar-refractivity contribution >= 4 is 15.9 Å². The monoisotopic (exact) mass is 528 g/mol. The summed E-state index contributed by atoms with van der Waals surface area (Å²) in [5.41, 5.74) is 3.52. The second-order valence-electron chi connectivity index (χ2n) is 9.03. The minimum Gasteiger partial charge on any atom is -0.496 e. The van der Waals surface area contributed by atoms with Gasteiger partial charge in [-0.15, -0.1) is 0 Å². The van der Waals surface area contributed by atoms with Crippen LogP contribution in [0.15, 0.2) is 114 Å². The maximum atomic E-state index is 13.8. The van der Waals surface area contributed by atoms with Crippen molar-refractivity contribution in [2.45, 2.75) is 24.3 Å². The van der Waals surface area contributed by atoms with Gasteiger partial charge in [-0.1, -0.05) is 91.0 Å². The van der Waals surface area contributed by atoms with Gasteiger partial charge in [0, 0.05) is 6.54 Å². The highest BCUT2D eigenvalue weighted by molar-refractivity contribution is 7.89. The Hall–Kier alpha value is -3.94. The van der Waals surface area contributed by atoms with Crippen molar-refractivity contribution in [3.63, 3.8) is 0 Å². The maximum absolute atomic E-state index is 13.8. The first-order chi connectivity index (χ1) is 18.4. The lowest BCUT2D eigenvalue weighted by atomic mass is 9.99. The van der Waals surface area contributed by atoms with Crippen molar-refractivity contribution in [2.24, 2.45) is 0 Å². The first kappa shape index (κ1) is 27.1. The number of methoxy groups -OCH3 is 1. The Morgan fingerprint density at radius 1 is 0.842 bits per heavy atom. The molecule has 7 heteroatoms. The number of ether oxygens (including phenoxy) is 1. The predicted octanol–water partition coefficient (Wildman–Crippen LogP) is 5.14. The summed E-state index contributed by atoms with van der Waals surface area (Å²) in [5.74, 6) is 0.218.